The van der Waals surface area contributed by atoms with Crippen LogP contribution in [-0.2, 0) is 6.18 Å². The number of rotatable bonds is 4. The van der Waals surface area contributed by atoms with E-state index in [1.54, 1.807) is 0 Å². The molecule has 2 heterocycles. The van der Waals surface area contributed by atoms with E-state index in [9.17, 15) is 28.1 Å². The van der Waals surface area contributed by atoms with Crippen molar-refractivity contribution in [1.82, 2.24) is 10.3 Å². The second-order valence-corrected chi connectivity index (χ2v) is 7.42. The summed E-state index contributed by atoms with van der Waals surface area (Å²) in [5.41, 5.74) is -0.806. The molecule has 0 bridgehead atoms. The number of nitro groups is 1. The van der Waals surface area contributed by atoms with Gasteiger partial charge >= 0.3 is 6.18 Å². The molecular weight excluding hydrogens is 457 g/mol. The van der Waals surface area contributed by atoms with E-state index < -0.39 is 22.6 Å². The Morgan fingerprint density at radius 2 is 1.93 bits per heavy atom. The van der Waals surface area contributed by atoms with Crippen molar-refractivity contribution < 1.29 is 22.9 Å². The number of amides is 1. The monoisotopic (exact) mass is 472 g/mol. The quantitative estimate of drug-likeness (QED) is 0.532. The Labute approximate surface area is 172 Å². The van der Waals surface area contributed by atoms with Crippen molar-refractivity contribution in [3.05, 3.63) is 62.2 Å². The van der Waals surface area contributed by atoms with Gasteiger partial charge in [-0.15, -0.1) is 0 Å². The molecule has 0 radical (unpaired) electrons. The van der Waals surface area contributed by atoms with Gasteiger partial charge in [-0.05, 0) is 53.0 Å². The Morgan fingerprint density at radius 3 is 2.48 bits per heavy atom. The van der Waals surface area contributed by atoms with Crippen LogP contribution in [-0.4, -0.2) is 34.9 Å². The maximum atomic E-state index is 12.6. The van der Waals surface area contributed by atoms with Gasteiger partial charge < -0.3 is 10.2 Å². The lowest BCUT2D eigenvalue weighted by atomic mass is 10.0. The Balaban J connectivity index is 1.58. The summed E-state index contributed by atoms with van der Waals surface area (Å²) >= 11 is 3.08. The molecule has 1 aromatic heterocycles. The highest BCUT2D eigenvalue weighted by molar-refractivity contribution is 9.10. The highest BCUT2D eigenvalue weighted by Crippen LogP contribution is 2.30. The Morgan fingerprint density at radius 1 is 1.24 bits per heavy atom. The van der Waals surface area contributed by atoms with E-state index in [2.05, 4.69) is 26.2 Å². The number of pyridine rings is 1. The maximum Gasteiger partial charge on any atom is 0.417 e. The molecular formula is C18H16BrF3N4O3. The molecule has 1 fully saturated rings. The minimum absolute atomic E-state index is 0.143. The van der Waals surface area contributed by atoms with Crippen LogP contribution < -0.4 is 10.2 Å². The highest BCUT2D eigenvalue weighted by atomic mass is 79.9. The fourth-order valence-electron chi connectivity index (χ4n) is 3.06. The molecule has 29 heavy (non-hydrogen) atoms. The number of hydrogen-bond donors (Lipinski definition) is 1. The second kappa shape index (κ2) is 8.36. The Bertz CT molecular complexity index is 914. The van der Waals surface area contributed by atoms with Gasteiger partial charge in [0.25, 0.3) is 11.6 Å². The zero-order valence-electron chi connectivity index (χ0n) is 14.9. The molecule has 0 atom stereocenters. The number of carbonyl (C=O) groups excluding carboxylic acids is 1. The molecule has 0 spiro atoms. The summed E-state index contributed by atoms with van der Waals surface area (Å²) in [6.07, 6.45) is -2.46. The van der Waals surface area contributed by atoms with Crippen molar-refractivity contribution >= 4 is 33.3 Å². The van der Waals surface area contributed by atoms with Crippen LogP contribution in [0.15, 0.2) is 41.0 Å². The highest BCUT2D eigenvalue weighted by Gasteiger charge is 2.31. The van der Waals surface area contributed by atoms with E-state index in [1.807, 2.05) is 4.90 Å². The predicted octanol–water partition coefficient (Wildman–Crippen LogP) is 4.17. The first kappa shape index (κ1) is 21.0. The summed E-state index contributed by atoms with van der Waals surface area (Å²) in [4.78, 5) is 28.6. The zero-order chi connectivity index (χ0) is 21.2. The maximum absolute atomic E-state index is 12.6. The summed E-state index contributed by atoms with van der Waals surface area (Å²) in [7, 11) is 0. The van der Waals surface area contributed by atoms with Gasteiger partial charge in [-0.1, -0.05) is 0 Å². The minimum atomic E-state index is -4.43. The first-order valence-electron chi connectivity index (χ1n) is 8.68. The number of aromatic nitrogens is 1. The van der Waals surface area contributed by atoms with Crippen molar-refractivity contribution in [3.8, 4) is 0 Å². The SMILES string of the molecule is O=C(NC1CCN(c2ccc(C(F)(F)F)cn2)CC1)c1ccc(Br)c([N+](=O)[O-])c1. The standard InChI is InChI=1S/C18H16BrF3N4O3/c19-14-3-1-11(9-15(14)26(28)29)17(27)24-13-5-7-25(8-6-13)16-4-2-12(10-23-16)18(20,21)22/h1-4,9-10,13H,5-8H2,(H,24,27). The third-order valence-electron chi connectivity index (χ3n) is 4.63. The number of nitrogens with zero attached hydrogens (tertiary/aromatic N) is 3. The molecule has 1 aromatic carbocycles. The number of piperidine rings is 1. The zero-order valence-corrected chi connectivity index (χ0v) is 16.5. The van der Waals surface area contributed by atoms with Crippen LogP contribution in [0.1, 0.15) is 28.8 Å². The molecule has 154 valence electrons. The fourth-order valence-corrected chi connectivity index (χ4v) is 3.45. The van der Waals surface area contributed by atoms with E-state index >= 15 is 0 Å². The minimum Gasteiger partial charge on any atom is -0.356 e. The number of alkyl halides is 3. The number of carbonyl (C=O) groups is 1. The van der Waals surface area contributed by atoms with Gasteiger partial charge in [0.2, 0.25) is 0 Å². The number of nitro benzene ring substituents is 1. The predicted molar refractivity (Wildman–Crippen MR) is 103 cm³/mol. The lowest BCUT2D eigenvalue weighted by Gasteiger charge is -2.33. The van der Waals surface area contributed by atoms with E-state index in [1.165, 1.54) is 24.3 Å². The first-order chi connectivity index (χ1) is 13.6. The van der Waals surface area contributed by atoms with E-state index in [0.29, 0.717) is 31.7 Å². The number of hydrogen-bond acceptors (Lipinski definition) is 5. The third-order valence-corrected chi connectivity index (χ3v) is 5.30. The number of anilines is 1. The normalized spacial score (nSPS) is 15.2. The van der Waals surface area contributed by atoms with Crippen LogP contribution in [0.3, 0.4) is 0 Å². The van der Waals surface area contributed by atoms with Crippen molar-refractivity contribution in [1.29, 1.82) is 0 Å². The Hall–Kier alpha value is -2.69. The Kier molecular flexibility index (Phi) is 6.06. The number of nitrogens with one attached hydrogen (secondary N) is 1. The van der Waals surface area contributed by atoms with Gasteiger partial charge in [0, 0.05) is 37.0 Å². The molecule has 1 amide bonds. The molecule has 7 nitrogen and oxygen atoms in total. The second-order valence-electron chi connectivity index (χ2n) is 6.56. The molecule has 2 aromatic rings. The number of halogens is 4. The van der Waals surface area contributed by atoms with E-state index in [0.717, 1.165) is 12.3 Å². The van der Waals surface area contributed by atoms with Gasteiger partial charge in [-0.3, -0.25) is 14.9 Å². The largest absolute Gasteiger partial charge is 0.417 e. The van der Waals surface area contributed by atoms with Crippen LogP contribution >= 0.6 is 15.9 Å². The molecule has 1 N–H and O–H groups in total. The molecule has 1 saturated heterocycles. The summed E-state index contributed by atoms with van der Waals surface area (Å²) in [6.45, 7) is 1.04. The molecule has 0 aliphatic carbocycles. The summed E-state index contributed by atoms with van der Waals surface area (Å²) in [6, 6.07) is 6.34. The van der Waals surface area contributed by atoms with Gasteiger partial charge in [0.15, 0.2) is 0 Å². The average Bonchev–Trinajstić information content (AvgIpc) is 2.68. The van der Waals surface area contributed by atoms with Crippen molar-refractivity contribution in [2.45, 2.75) is 25.1 Å². The smallest absolute Gasteiger partial charge is 0.356 e. The summed E-state index contributed by atoms with van der Waals surface area (Å²) < 4.78 is 38.2. The third kappa shape index (κ3) is 5.03. The summed E-state index contributed by atoms with van der Waals surface area (Å²) in [5.74, 6) is 0.0398. The molecule has 11 heteroatoms. The van der Waals surface area contributed by atoms with Gasteiger partial charge in [-0.25, -0.2) is 4.98 Å². The number of benzene rings is 1. The van der Waals surface area contributed by atoms with Crippen molar-refractivity contribution in [2.75, 3.05) is 18.0 Å². The van der Waals surface area contributed by atoms with Crippen LogP contribution in [0.5, 0.6) is 0 Å². The van der Waals surface area contributed by atoms with Crippen molar-refractivity contribution in [3.63, 3.8) is 0 Å². The van der Waals surface area contributed by atoms with Crippen LogP contribution in [0.4, 0.5) is 24.7 Å². The molecule has 0 saturated carbocycles. The topological polar surface area (TPSA) is 88.4 Å². The average molecular weight is 473 g/mol. The van der Waals surface area contributed by atoms with E-state index in [4.69, 9.17) is 0 Å². The molecule has 3 rings (SSSR count). The van der Waals surface area contributed by atoms with E-state index in [-0.39, 0.29) is 21.8 Å². The lowest BCUT2D eigenvalue weighted by molar-refractivity contribution is -0.385. The molecule has 1 aliphatic rings. The lowest BCUT2D eigenvalue weighted by Crippen LogP contribution is -2.45. The molecule has 0 unspecified atom stereocenters. The fraction of sp³-hybridized carbons (Fsp3) is 0.333. The van der Waals surface area contributed by atoms with Crippen LogP contribution in [0.2, 0.25) is 0 Å². The van der Waals surface area contributed by atoms with Crippen molar-refractivity contribution in [2.24, 2.45) is 0 Å². The van der Waals surface area contributed by atoms with Crippen LogP contribution in [0.25, 0.3) is 0 Å². The molecule has 1 aliphatic heterocycles. The van der Waals surface area contributed by atoms with Gasteiger partial charge in [-0.2, -0.15) is 13.2 Å². The first-order valence-corrected chi connectivity index (χ1v) is 9.47. The van der Waals surface area contributed by atoms with Gasteiger partial charge in [0.1, 0.15) is 5.82 Å². The van der Waals surface area contributed by atoms with Gasteiger partial charge in [0.05, 0.1) is 15.0 Å². The van der Waals surface area contributed by atoms with Crippen LogP contribution in [0, 0.1) is 10.1 Å². The summed E-state index contributed by atoms with van der Waals surface area (Å²) in [5, 5.41) is 13.9.